The second kappa shape index (κ2) is 11.1. The molecule has 3 atom stereocenters. The molecule has 3 nitrogen and oxygen atoms in total. The summed E-state index contributed by atoms with van der Waals surface area (Å²) in [5.41, 5.74) is 7.07. The molecule has 5 aromatic rings. The highest BCUT2D eigenvalue weighted by atomic mass is 16.3. The maximum atomic E-state index is 10.2. The Hall–Kier alpha value is -3.90. The summed E-state index contributed by atoms with van der Waals surface area (Å²) in [6, 6.07) is 24.4. The molecule has 2 saturated carbocycles. The highest BCUT2D eigenvalue weighted by Gasteiger charge is 2.32. The minimum atomic E-state index is -1.47. The average molecular weight is 557 g/mol. The third-order valence-corrected chi connectivity index (χ3v) is 9.64. The predicted molar refractivity (Wildman–Crippen MR) is 171 cm³/mol. The lowest BCUT2D eigenvalue weighted by Crippen LogP contribution is -2.30. The van der Waals surface area contributed by atoms with Gasteiger partial charge in [-0.25, -0.2) is 4.57 Å². The normalized spacial score (nSPS) is 23.7. The van der Waals surface area contributed by atoms with Crippen LogP contribution in [0, 0.1) is 29.1 Å². The average Bonchev–Trinajstić information content (AvgIpc) is 3.43. The van der Waals surface area contributed by atoms with Crippen LogP contribution in [0.1, 0.15) is 85.5 Å². The van der Waals surface area contributed by atoms with Crippen molar-refractivity contribution in [1.29, 1.82) is 5.26 Å². The molecule has 7 rings (SSSR count). The van der Waals surface area contributed by atoms with E-state index in [9.17, 15) is 6.63 Å². The molecule has 0 aliphatic heterocycles. The maximum absolute atomic E-state index is 10.2. The Morgan fingerprint density at radius 1 is 0.952 bits per heavy atom. The minimum absolute atomic E-state index is 0.175. The van der Waals surface area contributed by atoms with E-state index in [1.807, 2.05) is 74.1 Å². The van der Waals surface area contributed by atoms with Crippen LogP contribution in [0.5, 0.6) is 0 Å². The molecule has 2 aromatic heterocycles. The Labute approximate surface area is 254 Å². The van der Waals surface area contributed by atoms with Crippen molar-refractivity contribution in [2.24, 2.45) is 24.8 Å². The molecule has 42 heavy (non-hydrogen) atoms. The van der Waals surface area contributed by atoms with Crippen molar-refractivity contribution in [3.8, 4) is 28.5 Å². The van der Waals surface area contributed by atoms with Gasteiger partial charge in [0.2, 0.25) is 5.69 Å². The highest BCUT2D eigenvalue weighted by molar-refractivity contribution is 6.13. The molecular formula is C39H41N2O+. The lowest BCUT2D eigenvalue weighted by molar-refractivity contribution is -0.660. The van der Waals surface area contributed by atoms with Crippen molar-refractivity contribution in [3.05, 3.63) is 89.6 Å². The summed E-state index contributed by atoms with van der Waals surface area (Å²) >= 11 is 0. The van der Waals surface area contributed by atoms with Gasteiger partial charge in [0.15, 0.2) is 6.20 Å². The molecule has 0 radical (unpaired) electrons. The van der Waals surface area contributed by atoms with E-state index in [4.69, 9.17) is 7.16 Å². The first-order valence-electron chi connectivity index (χ1n) is 17.1. The maximum Gasteiger partial charge on any atom is 0.216 e. The second-order valence-corrected chi connectivity index (χ2v) is 12.7. The molecule has 0 N–H and O–H groups in total. The Bertz CT molecular complexity index is 1950. The van der Waals surface area contributed by atoms with Crippen LogP contribution in [0.15, 0.2) is 77.3 Å². The third kappa shape index (κ3) is 4.82. The lowest BCUT2D eigenvalue weighted by Gasteiger charge is -2.39. The first-order valence-corrected chi connectivity index (χ1v) is 15.6. The van der Waals surface area contributed by atoms with Crippen LogP contribution in [0.4, 0.5) is 0 Å². The fraction of sp³-hybridized carbons (Fsp3) is 0.385. The van der Waals surface area contributed by atoms with Crippen LogP contribution < -0.4 is 4.57 Å². The van der Waals surface area contributed by atoms with Crippen molar-refractivity contribution < 1.29 is 13.1 Å². The number of nitrogens with zero attached hydrogens (tertiary/aromatic N) is 2. The van der Waals surface area contributed by atoms with E-state index in [2.05, 4.69) is 30.3 Å². The van der Waals surface area contributed by atoms with Crippen LogP contribution in [-0.4, -0.2) is 0 Å². The van der Waals surface area contributed by atoms with Crippen LogP contribution >= 0.6 is 0 Å². The summed E-state index contributed by atoms with van der Waals surface area (Å²) in [6.45, 7) is 3.80. The Kier molecular flexibility index (Phi) is 6.23. The highest BCUT2D eigenvalue weighted by Crippen LogP contribution is 2.47. The number of aryl methyl sites for hydroxylation is 1. The molecule has 212 valence electrons. The molecule has 0 spiro atoms. The molecule has 3 aromatic carbocycles. The summed E-state index contributed by atoms with van der Waals surface area (Å²) < 4.78 is 35.6. The van der Waals surface area contributed by atoms with Crippen molar-refractivity contribution in [3.63, 3.8) is 0 Å². The van der Waals surface area contributed by atoms with Crippen molar-refractivity contribution >= 4 is 21.9 Å². The summed E-state index contributed by atoms with van der Waals surface area (Å²) in [4.78, 5) is 0. The smallest absolute Gasteiger partial charge is 0.216 e. The number of fused-ring (bicyclic) bond motifs is 4. The number of rotatable bonds is 5. The fourth-order valence-electron chi connectivity index (χ4n) is 7.55. The molecule has 2 aliphatic carbocycles. The van der Waals surface area contributed by atoms with Gasteiger partial charge in [-0.2, -0.15) is 5.26 Å². The van der Waals surface area contributed by atoms with E-state index in [-0.39, 0.29) is 5.92 Å². The van der Waals surface area contributed by atoms with Gasteiger partial charge in [0.05, 0.1) is 17.2 Å². The van der Waals surface area contributed by atoms with Gasteiger partial charge in [0.1, 0.15) is 18.2 Å². The number of benzene rings is 3. The van der Waals surface area contributed by atoms with Crippen LogP contribution in [0.2, 0.25) is 0 Å². The first kappa shape index (κ1) is 23.6. The van der Waals surface area contributed by atoms with E-state index in [1.54, 1.807) is 0 Å². The number of aromatic nitrogens is 1. The Morgan fingerprint density at radius 3 is 2.52 bits per heavy atom. The van der Waals surface area contributed by atoms with E-state index < -0.39 is 12.3 Å². The molecule has 3 unspecified atom stereocenters. The zero-order valence-corrected chi connectivity index (χ0v) is 24.9. The van der Waals surface area contributed by atoms with Crippen LogP contribution in [0.3, 0.4) is 0 Å². The van der Waals surface area contributed by atoms with Crippen molar-refractivity contribution in [2.75, 3.05) is 0 Å². The van der Waals surface area contributed by atoms with Crippen LogP contribution in [-0.2, 0) is 13.4 Å². The number of nitriles is 1. The molecule has 2 aliphatic rings. The summed E-state index contributed by atoms with van der Waals surface area (Å²) in [5, 5.41) is 12.1. The van der Waals surface area contributed by atoms with Gasteiger partial charge in [-0.1, -0.05) is 75.9 Å². The molecular weight excluding hydrogens is 512 g/mol. The van der Waals surface area contributed by atoms with Gasteiger partial charge in [0.25, 0.3) is 0 Å². The molecule has 2 fully saturated rings. The van der Waals surface area contributed by atoms with E-state index in [1.165, 1.54) is 25.7 Å². The van der Waals surface area contributed by atoms with Crippen molar-refractivity contribution in [2.45, 2.75) is 71.1 Å². The van der Waals surface area contributed by atoms with E-state index in [0.717, 1.165) is 63.9 Å². The quantitative estimate of drug-likeness (QED) is 0.202. The minimum Gasteiger partial charge on any atom is -0.454 e. The number of furan rings is 1. The number of pyridine rings is 1. The van der Waals surface area contributed by atoms with E-state index >= 15 is 0 Å². The standard InChI is InChI=1S/C39H41N2O/c1-25(2)21-26-19-20-41(3)36(22-26)35-10-6-9-33-34-18-17-32(24-40)37(39(34)42-38(33)35)29-14-11-28(12-15-29)31-16-13-27-7-4-5-8-30(27)23-31/h6,9-12,14-15,17-20,22,25,27,30-31H,4-5,7-8,13,16,21,23H2,1-3H3/q+1/i21D2,31D. The van der Waals surface area contributed by atoms with Gasteiger partial charge in [0, 0.05) is 32.6 Å². The lowest BCUT2D eigenvalue weighted by atomic mass is 9.66. The second-order valence-electron chi connectivity index (χ2n) is 12.7. The number of hydrogen-bond donors (Lipinski definition) is 0. The number of hydrogen-bond acceptors (Lipinski definition) is 2. The largest absolute Gasteiger partial charge is 0.454 e. The molecule has 0 saturated heterocycles. The Balaban J connectivity index is 1.33. The first-order chi connectivity index (χ1) is 21.6. The monoisotopic (exact) mass is 556 g/mol. The van der Waals surface area contributed by atoms with Crippen LogP contribution in [0.25, 0.3) is 44.3 Å². The summed E-state index contributed by atoms with van der Waals surface area (Å²) in [7, 11) is 1.96. The van der Waals surface area contributed by atoms with E-state index in [0.29, 0.717) is 28.2 Å². The third-order valence-electron chi connectivity index (χ3n) is 9.64. The molecule has 3 heteroatoms. The number of para-hydroxylation sites is 1. The molecule has 0 amide bonds. The van der Waals surface area contributed by atoms with Gasteiger partial charge in [-0.3, -0.25) is 0 Å². The summed E-state index contributed by atoms with van der Waals surface area (Å²) in [6.07, 6.45) is 8.68. The fourth-order valence-corrected chi connectivity index (χ4v) is 7.55. The SMILES string of the molecule is [2H]C1(c2ccc(-c3c(C#N)ccc4c3oc3c(-c5cc(C([2H])([2H])C(C)C)cc[n+]5C)cccc34)cc2)CCC2CCCCC2C1. The predicted octanol–water partition coefficient (Wildman–Crippen LogP) is 9.89. The van der Waals surface area contributed by atoms with Gasteiger partial charge >= 0.3 is 0 Å². The van der Waals surface area contributed by atoms with Gasteiger partial charge in [-0.15, -0.1) is 0 Å². The van der Waals surface area contributed by atoms with Crippen molar-refractivity contribution in [1.82, 2.24) is 0 Å². The molecule has 0 bridgehead atoms. The van der Waals surface area contributed by atoms with Gasteiger partial charge < -0.3 is 4.42 Å². The Morgan fingerprint density at radius 2 is 1.74 bits per heavy atom. The zero-order chi connectivity index (χ0) is 31.5. The topological polar surface area (TPSA) is 40.8 Å². The van der Waals surface area contributed by atoms with Gasteiger partial charge in [-0.05, 0) is 84.2 Å². The zero-order valence-electron chi connectivity index (χ0n) is 27.9. The summed E-state index contributed by atoms with van der Waals surface area (Å²) in [5.74, 6) is 0.738. The molecule has 2 heterocycles.